The van der Waals surface area contributed by atoms with Crippen molar-refractivity contribution in [3.63, 3.8) is 0 Å². The molecule has 0 aromatic carbocycles. The summed E-state index contributed by atoms with van der Waals surface area (Å²) in [6, 6.07) is 0. The number of hydrogen-bond acceptors (Lipinski definition) is 9. The van der Waals surface area contributed by atoms with Gasteiger partial charge in [0, 0.05) is 6.54 Å². The predicted molar refractivity (Wildman–Crippen MR) is 113 cm³/mol. The highest BCUT2D eigenvalue weighted by Crippen LogP contribution is 2.09. The molecular weight excluding hydrogens is 425 g/mol. The third-order valence-electron chi connectivity index (χ3n) is 4.14. The molecule has 1 radical (unpaired) electrons. The number of nitrogens with one attached hydrogen (secondary N) is 2. The second-order valence-corrected chi connectivity index (χ2v) is 6.57. The van der Waals surface area contributed by atoms with Gasteiger partial charge in [-0.15, -0.1) is 0 Å². The fourth-order valence-corrected chi connectivity index (χ4v) is 2.63. The first-order valence-electron chi connectivity index (χ1n) is 9.87. The van der Waals surface area contributed by atoms with Crippen molar-refractivity contribution in [1.29, 1.82) is 0 Å². The Morgan fingerprint density at radius 2 is 2.19 bits per heavy atom. The number of fused-ring (bicyclic) bond motifs is 1. The van der Waals surface area contributed by atoms with Crippen molar-refractivity contribution in [2.45, 2.75) is 32.6 Å². The number of aromatic nitrogens is 4. The van der Waals surface area contributed by atoms with Crippen molar-refractivity contribution in [3.8, 4) is 0 Å². The molecule has 15 heteroatoms. The number of nitrogens with zero attached hydrogens (tertiary/aromatic N) is 4. The first kappa shape index (κ1) is 24.8. The number of nitrogens with two attached hydrogens (primary N) is 1. The van der Waals surface area contributed by atoms with Gasteiger partial charge in [-0.05, 0) is 12.7 Å². The van der Waals surface area contributed by atoms with E-state index in [1.54, 1.807) is 0 Å². The second-order valence-electron chi connectivity index (χ2n) is 6.57. The van der Waals surface area contributed by atoms with E-state index in [0.29, 0.717) is 6.42 Å². The van der Waals surface area contributed by atoms with Crippen molar-refractivity contribution < 1.29 is 28.9 Å². The summed E-state index contributed by atoms with van der Waals surface area (Å²) in [5, 5.41) is 11.4. The summed E-state index contributed by atoms with van der Waals surface area (Å²) in [6.45, 7) is 1.37. The molecule has 0 saturated carbocycles. The number of aromatic amines is 1. The Morgan fingerprint density at radius 3 is 2.88 bits per heavy atom. The number of imidazole rings is 1. The van der Waals surface area contributed by atoms with Crippen molar-refractivity contribution in [2.24, 2.45) is 5.73 Å². The smallest absolute Gasteiger partial charge is 0.413 e. The zero-order valence-electron chi connectivity index (χ0n) is 17.6. The molecule has 0 atom stereocenters. The second kappa shape index (κ2) is 12.4. The van der Waals surface area contributed by atoms with E-state index in [-0.39, 0.29) is 49.9 Å². The maximum Gasteiger partial charge on any atom is 0.413 e. The highest BCUT2D eigenvalue weighted by atomic mass is 16.5. The Labute approximate surface area is 183 Å². The fourth-order valence-electron chi connectivity index (χ4n) is 2.63. The minimum atomic E-state index is -1.18. The number of carbonyl (C=O) groups is 3. The Kier molecular flexibility index (Phi) is 9.62. The molecule has 2 rings (SSSR count). The summed E-state index contributed by atoms with van der Waals surface area (Å²) in [5.74, 6) is -1.89. The largest absolute Gasteiger partial charge is 0.480 e. The van der Waals surface area contributed by atoms with Crippen LogP contribution in [0.3, 0.4) is 0 Å². The van der Waals surface area contributed by atoms with Crippen LogP contribution >= 0.6 is 0 Å². The molecule has 2 aromatic rings. The molecular formula is C17H25BN7O7. The molecule has 0 saturated heterocycles. The molecule has 5 N–H and O–H groups in total. The number of aliphatic carboxylic acids is 1. The van der Waals surface area contributed by atoms with Crippen LogP contribution in [-0.2, 0) is 25.5 Å². The highest BCUT2D eigenvalue weighted by Gasteiger charge is 2.20. The Bertz CT molecular complexity index is 993. The number of rotatable bonds is 13. The molecule has 0 bridgehead atoms. The average molecular weight is 450 g/mol. The quantitative estimate of drug-likeness (QED) is 0.173. The van der Waals surface area contributed by atoms with Crippen LogP contribution < -0.4 is 16.6 Å². The maximum absolute atomic E-state index is 12.7. The standard InChI is InChI=1S/C17H25BN7O7/c1-2-3-6-31-17(30)23-16-21-14-13(15(29)22-16)20-10-25(14)7-11(26)24(8-12(27)28)5-4-18-32-9-19/h10H,2-9,19H2,1H3,(H,27,28)(H2,21,22,23,29,30). The van der Waals surface area contributed by atoms with Crippen LogP contribution in [0.2, 0.25) is 6.32 Å². The van der Waals surface area contributed by atoms with Crippen molar-refractivity contribution in [3.05, 3.63) is 16.7 Å². The van der Waals surface area contributed by atoms with Gasteiger partial charge in [-0.2, -0.15) is 4.98 Å². The first-order valence-corrected chi connectivity index (χ1v) is 9.87. The SMILES string of the molecule is CCCCOC(=O)Nc1nc2c(ncn2CC(=O)N(CC[B]OCN)CC(=O)O)c(=O)[nH]1. The lowest BCUT2D eigenvalue weighted by atomic mass is 9.95. The van der Waals surface area contributed by atoms with E-state index in [2.05, 4.69) is 20.3 Å². The predicted octanol–water partition coefficient (Wildman–Crippen LogP) is -0.648. The van der Waals surface area contributed by atoms with Crippen LogP contribution in [0, 0.1) is 0 Å². The molecule has 0 aliphatic rings. The van der Waals surface area contributed by atoms with Gasteiger partial charge in [0.05, 0.1) is 19.7 Å². The monoisotopic (exact) mass is 450 g/mol. The maximum atomic E-state index is 12.7. The zero-order valence-corrected chi connectivity index (χ0v) is 17.6. The van der Waals surface area contributed by atoms with Gasteiger partial charge in [0.2, 0.25) is 11.9 Å². The van der Waals surface area contributed by atoms with Crippen molar-refractivity contribution in [2.75, 3.05) is 31.7 Å². The van der Waals surface area contributed by atoms with E-state index in [9.17, 15) is 19.2 Å². The van der Waals surface area contributed by atoms with Gasteiger partial charge in [0.15, 0.2) is 11.2 Å². The minimum Gasteiger partial charge on any atom is -0.480 e. The van der Waals surface area contributed by atoms with Gasteiger partial charge in [-0.25, -0.2) is 9.78 Å². The molecule has 2 aromatic heterocycles. The summed E-state index contributed by atoms with van der Waals surface area (Å²) >= 11 is 0. The van der Waals surface area contributed by atoms with Gasteiger partial charge in [-0.1, -0.05) is 13.3 Å². The van der Waals surface area contributed by atoms with Gasteiger partial charge in [0.25, 0.3) is 13.0 Å². The lowest BCUT2D eigenvalue weighted by Crippen LogP contribution is -2.39. The van der Waals surface area contributed by atoms with Crippen LogP contribution in [0.15, 0.2) is 11.1 Å². The molecule has 0 aliphatic heterocycles. The molecule has 0 aliphatic carbocycles. The van der Waals surface area contributed by atoms with Crippen LogP contribution in [0.4, 0.5) is 10.7 Å². The summed E-state index contributed by atoms with van der Waals surface area (Å²) in [5.41, 5.74) is 4.58. The summed E-state index contributed by atoms with van der Waals surface area (Å²) in [4.78, 5) is 59.4. The Balaban J connectivity index is 2.15. The molecule has 0 unspecified atom stereocenters. The number of amides is 2. The van der Waals surface area contributed by atoms with E-state index < -0.39 is 30.1 Å². The number of carboxylic acid groups (broad SMARTS) is 1. The number of carboxylic acids is 1. The third-order valence-corrected chi connectivity index (χ3v) is 4.14. The van der Waals surface area contributed by atoms with Crippen LogP contribution in [0.1, 0.15) is 19.8 Å². The van der Waals surface area contributed by atoms with Crippen molar-refractivity contribution >= 4 is 42.6 Å². The number of carbonyl (C=O) groups excluding carboxylic acids is 2. The van der Waals surface area contributed by atoms with E-state index >= 15 is 0 Å². The average Bonchev–Trinajstić information content (AvgIpc) is 3.13. The molecule has 14 nitrogen and oxygen atoms in total. The zero-order chi connectivity index (χ0) is 23.5. The molecule has 0 spiro atoms. The third kappa shape index (κ3) is 7.35. The molecule has 2 heterocycles. The molecule has 2 amide bonds. The number of unbranched alkanes of at least 4 members (excludes halogenated alkanes) is 1. The summed E-state index contributed by atoms with van der Waals surface area (Å²) in [6.07, 6.45) is 2.25. The lowest BCUT2D eigenvalue weighted by Gasteiger charge is -2.20. The first-order chi connectivity index (χ1) is 15.3. The Morgan fingerprint density at radius 1 is 1.41 bits per heavy atom. The summed E-state index contributed by atoms with van der Waals surface area (Å²) in [7, 11) is 1.38. The fraction of sp³-hybridized carbons (Fsp3) is 0.529. The number of hydrogen-bond donors (Lipinski definition) is 4. The van der Waals surface area contributed by atoms with Gasteiger partial charge in [0.1, 0.15) is 13.1 Å². The minimum absolute atomic E-state index is 0.0311. The van der Waals surface area contributed by atoms with E-state index in [4.69, 9.17) is 20.2 Å². The topological polar surface area (TPSA) is 195 Å². The molecule has 0 fully saturated rings. The van der Waals surface area contributed by atoms with Crippen molar-refractivity contribution in [1.82, 2.24) is 24.4 Å². The number of anilines is 1. The van der Waals surface area contributed by atoms with E-state index in [1.807, 2.05) is 6.92 Å². The van der Waals surface area contributed by atoms with E-state index in [0.717, 1.165) is 11.3 Å². The molecule has 32 heavy (non-hydrogen) atoms. The highest BCUT2D eigenvalue weighted by molar-refractivity contribution is 6.27. The number of H-pyrrole nitrogens is 1. The van der Waals surface area contributed by atoms with Crippen LogP contribution in [-0.4, -0.2) is 81.4 Å². The Hall–Kier alpha value is -3.46. The lowest BCUT2D eigenvalue weighted by molar-refractivity contribution is -0.144. The van der Waals surface area contributed by atoms with Crippen LogP contribution in [0.25, 0.3) is 11.2 Å². The van der Waals surface area contributed by atoms with Gasteiger partial charge < -0.3 is 29.7 Å². The number of ether oxygens (including phenoxy) is 1. The molecule has 173 valence electrons. The van der Waals surface area contributed by atoms with E-state index in [1.165, 1.54) is 18.4 Å². The summed E-state index contributed by atoms with van der Waals surface area (Å²) < 4.78 is 11.1. The normalized spacial score (nSPS) is 10.7. The van der Waals surface area contributed by atoms with Gasteiger partial charge >= 0.3 is 12.1 Å². The van der Waals surface area contributed by atoms with Gasteiger partial charge in [-0.3, -0.25) is 24.7 Å². The van der Waals surface area contributed by atoms with Crippen LogP contribution in [0.5, 0.6) is 0 Å².